The molecule has 1 heterocycles. The van der Waals surface area contributed by atoms with Crippen LogP contribution in [-0.4, -0.2) is 15.8 Å². The second kappa shape index (κ2) is 3.73. The molecule has 1 aromatic rings. The van der Waals surface area contributed by atoms with Crippen molar-refractivity contribution in [1.29, 1.82) is 0 Å². The molecule has 0 fully saturated rings. The van der Waals surface area contributed by atoms with Crippen LogP contribution < -0.4 is 0 Å². The third-order valence-electron chi connectivity index (χ3n) is 1.98. The molecule has 0 aliphatic carbocycles. The van der Waals surface area contributed by atoms with Crippen molar-refractivity contribution in [3.8, 4) is 0 Å². The number of hydrogen-bond donors (Lipinski definition) is 1. The van der Waals surface area contributed by atoms with Crippen LogP contribution in [0.25, 0.3) is 0 Å². The summed E-state index contributed by atoms with van der Waals surface area (Å²) in [6, 6.07) is 0. The Morgan fingerprint density at radius 1 is 1.38 bits per heavy atom. The molecule has 0 saturated carbocycles. The van der Waals surface area contributed by atoms with Crippen LogP contribution in [0.5, 0.6) is 0 Å². The van der Waals surface area contributed by atoms with E-state index >= 15 is 0 Å². The van der Waals surface area contributed by atoms with E-state index in [2.05, 4.69) is 23.8 Å². The Labute approximate surface area is 78.6 Å². The van der Waals surface area contributed by atoms with Crippen LogP contribution in [0.1, 0.15) is 49.9 Å². The maximum absolute atomic E-state index is 11.5. The number of nitrogens with zero attached hydrogens (tertiary/aromatic N) is 1. The summed E-state index contributed by atoms with van der Waals surface area (Å²) < 4.78 is 0. The zero-order valence-electron chi connectivity index (χ0n) is 8.59. The van der Waals surface area contributed by atoms with Crippen LogP contribution in [0, 0.1) is 5.92 Å². The zero-order chi connectivity index (χ0) is 10.0. The number of aromatic amines is 1. The van der Waals surface area contributed by atoms with Gasteiger partial charge in [0.1, 0.15) is 0 Å². The average molecular weight is 180 g/mol. The maximum Gasteiger partial charge on any atom is 0.200 e. The maximum atomic E-state index is 11.5. The Balaban J connectivity index is 2.86. The molecule has 0 bridgehead atoms. The van der Waals surface area contributed by atoms with Crippen LogP contribution in [0.3, 0.4) is 0 Å². The highest BCUT2D eigenvalue weighted by atomic mass is 16.1. The Hall–Kier alpha value is -1.12. The molecule has 72 valence electrons. The number of imidazole rings is 1. The molecular weight excluding hydrogens is 164 g/mol. The number of carbonyl (C=O) groups excluding carboxylic acids is 1. The van der Waals surface area contributed by atoms with E-state index in [1.807, 2.05) is 13.8 Å². The molecule has 3 nitrogen and oxygen atoms in total. The van der Waals surface area contributed by atoms with Gasteiger partial charge in [0.15, 0.2) is 5.82 Å². The largest absolute Gasteiger partial charge is 0.339 e. The predicted octanol–water partition coefficient (Wildman–Crippen LogP) is 2.37. The van der Waals surface area contributed by atoms with Crippen LogP contribution in [0.2, 0.25) is 0 Å². The number of nitrogens with one attached hydrogen (secondary N) is 1. The first kappa shape index (κ1) is 9.96. The molecule has 0 amide bonds. The fourth-order valence-electron chi connectivity index (χ4n) is 1.03. The third kappa shape index (κ3) is 2.17. The standard InChI is InChI=1S/C10H16N2O/c1-6(2)8-5-11-10(12-8)9(13)7(3)4/h5-7H,1-4H3,(H,11,12). The molecule has 1 N–H and O–H groups in total. The lowest BCUT2D eigenvalue weighted by molar-refractivity contribution is 0.0929. The number of H-pyrrole nitrogens is 1. The topological polar surface area (TPSA) is 45.8 Å². The monoisotopic (exact) mass is 180 g/mol. The SMILES string of the molecule is CC(C)C(=O)c1ncc(C(C)C)[nH]1. The Morgan fingerprint density at radius 2 is 2.00 bits per heavy atom. The molecule has 0 spiro atoms. The molecule has 0 aromatic carbocycles. The average Bonchev–Trinajstić information content (AvgIpc) is 2.50. The molecule has 13 heavy (non-hydrogen) atoms. The third-order valence-corrected chi connectivity index (χ3v) is 1.98. The highest BCUT2D eigenvalue weighted by molar-refractivity contribution is 5.94. The van der Waals surface area contributed by atoms with Gasteiger partial charge < -0.3 is 4.98 Å². The van der Waals surface area contributed by atoms with Crippen molar-refractivity contribution in [3.63, 3.8) is 0 Å². The number of carbonyl (C=O) groups is 1. The number of ketones is 1. The van der Waals surface area contributed by atoms with Gasteiger partial charge in [0.25, 0.3) is 0 Å². The first-order chi connectivity index (χ1) is 6.02. The minimum atomic E-state index is 0.00571. The lowest BCUT2D eigenvalue weighted by atomic mass is 10.1. The van der Waals surface area contributed by atoms with E-state index in [-0.39, 0.29) is 11.7 Å². The normalized spacial score (nSPS) is 11.2. The Bertz CT molecular complexity index is 300. The number of rotatable bonds is 3. The van der Waals surface area contributed by atoms with Crippen LogP contribution in [0.15, 0.2) is 6.20 Å². The van der Waals surface area contributed by atoms with E-state index in [9.17, 15) is 4.79 Å². The van der Waals surface area contributed by atoms with Gasteiger partial charge in [-0.1, -0.05) is 27.7 Å². The van der Waals surface area contributed by atoms with Gasteiger partial charge in [0.2, 0.25) is 5.78 Å². The summed E-state index contributed by atoms with van der Waals surface area (Å²) in [7, 11) is 0. The minimum absolute atomic E-state index is 0.00571. The highest BCUT2D eigenvalue weighted by Crippen LogP contribution is 2.12. The zero-order valence-corrected chi connectivity index (χ0v) is 8.59. The van der Waals surface area contributed by atoms with Crippen molar-refractivity contribution >= 4 is 5.78 Å². The first-order valence-electron chi connectivity index (χ1n) is 4.61. The van der Waals surface area contributed by atoms with Crippen molar-refractivity contribution in [2.45, 2.75) is 33.6 Å². The summed E-state index contributed by atoms with van der Waals surface area (Å²) in [6.07, 6.45) is 1.74. The lowest BCUT2D eigenvalue weighted by Crippen LogP contribution is -2.09. The van der Waals surface area contributed by atoms with Gasteiger partial charge in [0.05, 0.1) is 0 Å². The smallest absolute Gasteiger partial charge is 0.200 e. The van der Waals surface area contributed by atoms with E-state index in [0.29, 0.717) is 11.7 Å². The van der Waals surface area contributed by atoms with Gasteiger partial charge in [-0.15, -0.1) is 0 Å². The lowest BCUT2D eigenvalue weighted by Gasteiger charge is -2.00. The van der Waals surface area contributed by atoms with Gasteiger partial charge in [-0.3, -0.25) is 4.79 Å². The van der Waals surface area contributed by atoms with Gasteiger partial charge in [-0.25, -0.2) is 4.98 Å². The van der Waals surface area contributed by atoms with E-state index in [1.54, 1.807) is 6.20 Å². The van der Waals surface area contributed by atoms with Crippen LogP contribution >= 0.6 is 0 Å². The second-order valence-electron chi connectivity index (χ2n) is 3.86. The summed E-state index contributed by atoms with van der Waals surface area (Å²) in [5.74, 6) is 0.956. The molecule has 0 saturated heterocycles. The number of hydrogen-bond acceptors (Lipinski definition) is 2. The number of Topliss-reactive ketones (excluding diaryl/α,β-unsaturated/α-hetero) is 1. The fourth-order valence-corrected chi connectivity index (χ4v) is 1.03. The molecule has 0 atom stereocenters. The summed E-state index contributed by atoms with van der Waals surface area (Å²) in [4.78, 5) is 18.6. The van der Waals surface area contributed by atoms with Gasteiger partial charge in [0, 0.05) is 17.8 Å². The predicted molar refractivity (Wildman–Crippen MR) is 51.8 cm³/mol. The fraction of sp³-hybridized carbons (Fsp3) is 0.600. The second-order valence-corrected chi connectivity index (χ2v) is 3.86. The highest BCUT2D eigenvalue weighted by Gasteiger charge is 2.14. The summed E-state index contributed by atoms with van der Waals surface area (Å²) in [6.45, 7) is 7.88. The summed E-state index contributed by atoms with van der Waals surface area (Å²) in [5.41, 5.74) is 1.02. The van der Waals surface area contributed by atoms with E-state index in [0.717, 1.165) is 5.69 Å². The van der Waals surface area contributed by atoms with Crippen molar-refractivity contribution in [3.05, 3.63) is 17.7 Å². The van der Waals surface area contributed by atoms with Gasteiger partial charge >= 0.3 is 0 Å². The van der Waals surface area contributed by atoms with Crippen molar-refractivity contribution in [2.24, 2.45) is 5.92 Å². The molecule has 0 unspecified atom stereocenters. The number of aromatic nitrogens is 2. The Morgan fingerprint density at radius 3 is 2.38 bits per heavy atom. The molecule has 1 rings (SSSR count). The molecule has 3 heteroatoms. The summed E-state index contributed by atoms with van der Waals surface area (Å²) >= 11 is 0. The first-order valence-corrected chi connectivity index (χ1v) is 4.61. The van der Waals surface area contributed by atoms with E-state index < -0.39 is 0 Å². The van der Waals surface area contributed by atoms with Crippen LogP contribution in [-0.2, 0) is 0 Å². The minimum Gasteiger partial charge on any atom is -0.339 e. The van der Waals surface area contributed by atoms with E-state index in [1.165, 1.54) is 0 Å². The molecule has 0 aliphatic rings. The van der Waals surface area contributed by atoms with Crippen molar-refractivity contribution in [1.82, 2.24) is 9.97 Å². The molecule has 1 aromatic heterocycles. The van der Waals surface area contributed by atoms with Crippen molar-refractivity contribution in [2.75, 3.05) is 0 Å². The summed E-state index contributed by atoms with van der Waals surface area (Å²) in [5, 5.41) is 0. The quantitative estimate of drug-likeness (QED) is 0.726. The van der Waals surface area contributed by atoms with Crippen LogP contribution in [0.4, 0.5) is 0 Å². The molecular formula is C10H16N2O. The molecule has 0 radical (unpaired) electrons. The van der Waals surface area contributed by atoms with Crippen molar-refractivity contribution < 1.29 is 4.79 Å². The van der Waals surface area contributed by atoms with Gasteiger partial charge in [-0.2, -0.15) is 0 Å². The van der Waals surface area contributed by atoms with Gasteiger partial charge in [-0.05, 0) is 5.92 Å². The molecule has 0 aliphatic heterocycles. The van der Waals surface area contributed by atoms with E-state index in [4.69, 9.17) is 0 Å². The Kier molecular flexibility index (Phi) is 2.86.